The average Bonchev–Trinajstić information content (AvgIpc) is 3.41. The Morgan fingerprint density at radius 2 is 2.13 bits per heavy atom. The Balaban J connectivity index is 1.41. The number of aromatic amines is 1. The Labute approximate surface area is 175 Å². The van der Waals surface area contributed by atoms with Crippen LogP contribution in [0.2, 0.25) is 0 Å². The summed E-state index contributed by atoms with van der Waals surface area (Å²) in [6.07, 6.45) is 4.54. The summed E-state index contributed by atoms with van der Waals surface area (Å²) in [4.78, 5) is 33.6. The number of H-pyrrole nitrogens is 1. The third kappa shape index (κ3) is 3.33. The summed E-state index contributed by atoms with van der Waals surface area (Å²) in [6, 6.07) is 9.85. The fraction of sp³-hybridized carbons (Fsp3) is 0.190. The van der Waals surface area contributed by atoms with Crippen LogP contribution in [-0.2, 0) is 6.42 Å². The molecule has 1 aromatic carbocycles. The first-order chi connectivity index (χ1) is 14.7. The van der Waals surface area contributed by atoms with Crippen molar-refractivity contribution in [1.82, 2.24) is 29.5 Å². The van der Waals surface area contributed by atoms with E-state index in [9.17, 15) is 4.79 Å². The number of aromatic nitrogens is 6. The Kier molecular flexibility index (Phi) is 4.72. The van der Waals surface area contributed by atoms with Gasteiger partial charge in [0.25, 0.3) is 5.56 Å². The van der Waals surface area contributed by atoms with Gasteiger partial charge in [-0.05, 0) is 42.5 Å². The van der Waals surface area contributed by atoms with E-state index in [4.69, 9.17) is 4.98 Å². The highest BCUT2D eigenvalue weighted by Gasteiger charge is 2.14. The number of hydrogen-bond acceptors (Lipinski definition) is 7. The molecule has 0 aliphatic heterocycles. The van der Waals surface area contributed by atoms with Gasteiger partial charge in [0, 0.05) is 13.0 Å². The molecule has 0 amide bonds. The molecule has 8 nitrogen and oxygen atoms in total. The van der Waals surface area contributed by atoms with Crippen LogP contribution in [0.25, 0.3) is 27.1 Å². The lowest BCUT2D eigenvalue weighted by Gasteiger charge is -2.13. The van der Waals surface area contributed by atoms with E-state index in [1.54, 1.807) is 10.9 Å². The van der Waals surface area contributed by atoms with Crippen LogP contribution in [-0.4, -0.2) is 36.0 Å². The van der Waals surface area contributed by atoms with Crippen molar-refractivity contribution in [2.45, 2.75) is 19.8 Å². The van der Waals surface area contributed by atoms with Gasteiger partial charge in [-0.2, -0.15) is 0 Å². The predicted molar refractivity (Wildman–Crippen MR) is 118 cm³/mol. The second-order valence-electron chi connectivity index (χ2n) is 6.99. The van der Waals surface area contributed by atoms with Crippen molar-refractivity contribution in [3.05, 3.63) is 70.1 Å². The highest BCUT2D eigenvalue weighted by molar-refractivity contribution is 7.17. The molecule has 5 rings (SSSR count). The molecule has 0 fully saturated rings. The lowest BCUT2D eigenvalue weighted by molar-refractivity contribution is 0.754. The van der Waals surface area contributed by atoms with E-state index in [-0.39, 0.29) is 5.56 Å². The number of hydrogen-bond donors (Lipinski definition) is 2. The molecule has 5 aromatic rings. The lowest BCUT2D eigenvalue weighted by Crippen LogP contribution is -2.23. The Bertz CT molecular complexity index is 1400. The van der Waals surface area contributed by atoms with E-state index in [1.807, 2.05) is 42.6 Å². The van der Waals surface area contributed by atoms with Crippen LogP contribution in [0.5, 0.6) is 0 Å². The molecule has 0 atom stereocenters. The quantitative estimate of drug-likeness (QED) is 0.410. The highest BCUT2D eigenvalue weighted by Crippen LogP contribution is 2.19. The molecule has 0 spiro atoms. The van der Waals surface area contributed by atoms with Gasteiger partial charge >= 0.3 is 0 Å². The van der Waals surface area contributed by atoms with Gasteiger partial charge < -0.3 is 10.3 Å². The van der Waals surface area contributed by atoms with Crippen molar-refractivity contribution < 1.29 is 0 Å². The Morgan fingerprint density at radius 1 is 1.20 bits per heavy atom. The number of aryl methyl sites for hydroxylation is 2. The van der Waals surface area contributed by atoms with Gasteiger partial charge in [0.05, 0.1) is 17.5 Å². The Hall–Kier alpha value is -3.59. The van der Waals surface area contributed by atoms with Crippen LogP contribution < -0.4 is 10.9 Å². The SMILES string of the molecule is Cc1cccc(-n2c(CCCNc3ncnc4[nH]cnc34)nc3ccsc3c2=O)c1. The second-order valence-corrected chi connectivity index (χ2v) is 7.91. The lowest BCUT2D eigenvalue weighted by atomic mass is 10.2. The van der Waals surface area contributed by atoms with E-state index < -0.39 is 0 Å². The molecule has 2 N–H and O–H groups in total. The number of imidazole rings is 1. The maximum atomic E-state index is 13.2. The number of thiophene rings is 1. The number of rotatable bonds is 6. The summed E-state index contributed by atoms with van der Waals surface area (Å²) in [6.45, 7) is 2.69. The van der Waals surface area contributed by atoms with Crippen LogP contribution in [0.15, 0.2) is 53.2 Å². The molecule has 0 aliphatic rings. The van der Waals surface area contributed by atoms with Crippen molar-refractivity contribution in [2.75, 3.05) is 11.9 Å². The molecule has 4 heterocycles. The number of nitrogens with zero attached hydrogens (tertiary/aromatic N) is 5. The summed E-state index contributed by atoms with van der Waals surface area (Å²) in [5.74, 6) is 1.45. The molecule has 0 saturated heterocycles. The maximum Gasteiger partial charge on any atom is 0.276 e. The zero-order valence-corrected chi connectivity index (χ0v) is 17.1. The zero-order valence-electron chi connectivity index (χ0n) is 16.3. The van der Waals surface area contributed by atoms with E-state index in [0.717, 1.165) is 29.0 Å². The normalized spacial score (nSPS) is 11.4. The number of nitrogens with one attached hydrogen (secondary N) is 2. The molecule has 0 aliphatic carbocycles. The number of benzene rings is 1. The summed E-state index contributed by atoms with van der Waals surface area (Å²) in [7, 11) is 0. The monoisotopic (exact) mass is 417 g/mol. The molecule has 150 valence electrons. The third-order valence-corrected chi connectivity index (χ3v) is 5.79. The molecule has 0 unspecified atom stereocenters. The van der Waals surface area contributed by atoms with Crippen LogP contribution in [0.3, 0.4) is 0 Å². The van der Waals surface area contributed by atoms with Gasteiger partial charge in [0.2, 0.25) is 0 Å². The topological polar surface area (TPSA) is 101 Å². The van der Waals surface area contributed by atoms with Crippen molar-refractivity contribution in [3.63, 3.8) is 0 Å². The first kappa shape index (κ1) is 18.4. The average molecular weight is 417 g/mol. The van der Waals surface area contributed by atoms with E-state index in [0.29, 0.717) is 34.6 Å². The fourth-order valence-electron chi connectivity index (χ4n) is 3.51. The van der Waals surface area contributed by atoms with Crippen molar-refractivity contribution >= 4 is 38.5 Å². The van der Waals surface area contributed by atoms with Gasteiger partial charge in [-0.15, -0.1) is 11.3 Å². The molecule has 0 bridgehead atoms. The maximum absolute atomic E-state index is 13.2. The van der Waals surface area contributed by atoms with Crippen LogP contribution in [0.4, 0.5) is 5.82 Å². The van der Waals surface area contributed by atoms with Crippen LogP contribution in [0.1, 0.15) is 17.8 Å². The van der Waals surface area contributed by atoms with Gasteiger partial charge in [-0.25, -0.2) is 19.9 Å². The first-order valence-electron chi connectivity index (χ1n) is 9.65. The minimum absolute atomic E-state index is 0.0161. The Morgan fingerprint density at radius 3 is 3.03 bits per heavy atom. The molecule has 9 heteroatoms. The fourth-order valence-corrected chi connectivity index (χ4v) is 4.27. The minimum atomic E-state index is -0.0161. The third-order valence-electron chi connectivity index (χ3n) is 4.90. The van der Waals surface area contributed by atoms with Gasteiger partial charge in [0.15, 0.2) is 11.5 Å². The van der Waals surface area contributed by atoms with Crippen molar-refractivity contribution in [2.24, 2.45) is 0 Å². The molecule has 0 radical (unpaired) electrons. The van der Waals surface area contributed by atoms with Crippen LogP contribution >= 0.6 is 11.3 Å². The molecular weight excluding hydrogens is 398 g/mol. The number of fused-ring (bicyclic) bond motifs is 2. The second kappa shape index (κ2) is 7.68. The zero-order chi connectivity index (χ0) is 20.5. The van der Waals surface area contributed by atoms with Crippen molar-refractivity contribution in [1.29, 1.82) is 0 Å². The van der Waals surface area contributed by atoms with Crippen LogP contribution in [0, 0.1) is 6.92 Å². The number of anilines is 1. The predicted octanol–water partition coefficient (Wildman–Crippen LogP) is 3.47. The minimum Gasteiger partial charge on any atom is -0.368 e. The van der Waals surface area contributed by atoms with Gasteiger partial charge in [-0.1, -0.05) is 12.1 Å². The largest absolute Gasteiger partial charge is 0.368 e. The molecule has 0 saturated carbocycles. The van der Waals surface area contributed by atoms with E-state index in [2.05, 4.69) is 25.3 Å². The summed E-state index contributed by atoms with van der Waals surface area (Å²) in [5.41, 5.74) is 4.10. The first-order valence-corrected chi connectivity index (χ1v) is 10.5. The summed E-state index contributed by atoms with van der Waals surface area (Å²) >= 11 is 1.43. The van der Waals surface area contributed by atoms with E-state index >= 15 is 0 Å². The summed E-state index contributed by atoms with van der Waals surface area (Å²) in [5, 5.41) is 5.22. The molecular formula is C21H19N7OS. The van der Waals surface area contributed by atoms with Gasteiger partial charge in [0.1, 0.15) is 22.4 Å². The molecule has 30 heavy (non-hydrogen) atoms. The molecule has 4 aromatic heterocycles. The van der Waals surface area contributed by atoms with Gasteiger partial charge in [-0.3, -0.25) is 9.36 Å². The smallest absolute Gasteiger partial charge is 0.276 e. The highest BCUT2D eigenvalue weighted by atomic mass is 32.1. The van der Waals surface area contributed by atoms with Crippen molar-refractivity contribution in [3.8, 4) is 5.69 Å². The standard InChI is InChI=1S/C21H19N7OS/c1-13-4-2-5-14(10-13)28-16(27-15-7-9-30-18(15)21(28)29)6-3-8-22-19-17-20(24-11-23-17)26-12-25-19/h2,4-5,7,9-12H,3,6,8H2,1H3,(H2,22,23,24,25,26). The summed E-state index contributed by atoms with van der Waals surface area (Å²) < 4.78 is 2.42. The van der Waals surface area contributed by atoms with E-state index in [1.165, 1.54) is 17.7 Å².